The molecule has 0 heterocycles. The summed E-state index contributed by atoms with van der Waals surface area (Å²) < 4.78 is 4.83. The maximum Gasteiger partial charge on any atom is 0.324 e. The Labute approximate surface area is 82.3 Å². The average Bonchev–Trinajstić information content (AvgIpc) is 2.13. The summed E-state index contributed by atoms with van der Waals surface area (Å²) >= 11 is 0. The number of hydrogen-bond acceptors (Lipinski definition) is 4. The number of carbonyl (C=O) groups is 2. The third-order valence-electron chi connectivity index (χ3n) is 1.71. The molecule has 0 aliphatic carbocycles. The summed E-state index contributed by atoms with van der Waals surface area (Å²) in [5.41, 5.74) is 0. The molecule has 0 bridgehead atoms. The molecule has 0 aliphatic rings. The topological polar surface area (TPSA) is 87.4 Å². The van der Waals surface area contributed by atoms with Crippen LogP contribution in [0.5, 0.6) is 0 Å². The van der Waals surface area contributed by atoms with Crippen LogP contribution in [0.3, 0.4) is 0 Å². The second-order valence-corrected chi connectivity index (χ2v) is 2.94. The fourth-order valence-corrected chi connectivity index (χ4v) is 0.720. The lowest BCUT2D eigenvalue weighted by Gasteiger charge is -2.12. The van der Waals surface area contributed by atoms with Crippen LogP contribution in [0.25, 0.3) is 0 Å². The van der Waals surface area contributed by atoms with Crippen molar-refractivity contribution in [3.63, 3.8) is 0 Å². The Morgan fingerprint density at radius 1 is 1.57 bits per heavy atom. The number of carboxylic acids is 1. The monoisotopic (exact) mass is 199 g/mol. The summed E-state index contributed by atoms with van der Waals surface area (Å²) in [5.74, 6) is -3.15. The molecule has 1 N–H and O–H groups in total. The second-order valence-electron chi connectivity index (χ2n) is 2.94. The van der Waals surface area contributed by atoms with Crippen molar-refractivity contribution in [2.75, 3.05) is 0 Å². The molecule has 0 rings (SSSR count). The Bertz CT molecular complexity index is 256. The van der Waals surface area contributed by atoms with E-state index in [9.17, 15) is 9.59 Å². The molecular formula is C9H13NO4. The van der Waals surface area contributed by atoms with Gasteiger partial charge in [0.1, 0.15) is 0 Å². The largest absolute Gasteiger partial charge is 0.481 e. The lowest BCUT2D eigenvalue weighted by atomic mass is 10.1. The predicted molar refractivity (Wildman–Crippen MR) is 47.2 cm³/mol. The molecule has 0 radical (unpaired) electrons. The van der Waals surface area contributed by atoms with Crippen molar-refractivity contribution >= 4 is 11.9 Å². The van der Waals surface area contributed by atoms with Gasteiger partial charge >= 0.3 is 11.9 Å². The summed E-state index contributed by atoms with van der Waals surface area (Å²) in [7, 11) is 0. The molecule has 2 unspecified atom stereocenters. The third-order valence-corrected chi connectivity index (χ3v) is 1.71. The van der Waals surface area contributed by atoms with E-state index in [1.807, 2.05) is 6.92 Å². The first kappa shape index (κ1) is 12.4. The van der Waals surface area contributed by atoms with Gasteiger partial charge in [0.25, 0.3) is 0 Å². The highest BCUT2D eigenvalue weighted by Crippen LogP contribution is 2.07. The van der Waals surface area contributed by atoms with Gasteiger partial charge in [-0.1, -0.05) is 6.92 Å². The average molecular weight is 199 g/mol. The number of aliphatic carboxylic acids is 1. The van der Waals surface area contributed by atoms with Crippen molar-refractivity contribution in [1.82, 2.24) is 0 Å². The Morgan fingerprint density at radius 3 is 2.50 bits per heavy atom. The van der Waals surface area contributed by atoms with E-state index in [2.05, 4.69) is 0 Å². The Hall–Kier alpha value is -1.57. The second kappa shape index (κ2) is 5.97. The summed E-state index contributed by atoms with van der Waals surface area (Å²) in [6.45, 7) is 3.52. The van der Waals surface area contributed by atoms with Gasteiger partial charge in [0.2, 0.25) is 0 Å². The van der Waals surface area contributed by atoms with E-state index >= 15 is 0 Å². The zero-order valence-electron chi connectivity index (χ0n) is 8.19. The molecule has 0 amide bonds. The van der Waals surface area contributed by atoms with E-state index in [-0.39, 0.29) is 6.10 Å². The molecule has 0 aromatic carbocycles. The summed E-state index contributed by atoms with van der Waals surface area (Å²) in [6, 6.07) is 1.61. The molecule has 5 nitrogen and oxygen atoms in total. The van der Waals surface area contributed by atoms with Crippen LogP contribution in [0.4, 0.5) is 0 Å². The van der Waals surface area contributed by atoms with E-state index in [4.69, 9.17) is 15.1 Å². The van der Waals surface area contributed by atoms with E-state index in [0.29, 0.717) is 6.42 Å². The van der Waals surface area contributed by atoms with Crippen LogP contribution in [0.2, 0.25) is 0 Å². The minimum atomic E-state index is -1.21. The van der Waals surface area contributed by atoms with Gasteiger partial charge in [-0.2, -0.15) is 5.26 Å². The zero-order valence-corrected chi connectivity index (χ0v) is 8.19. The van der Waals surface area contributed by atoms with Crippen LogP contribution in [0.1, 0.15) is 26.7 Å². The number of nitrogens with zero attached hydrogens (tertiary/aromatic N) is 1. The lowest BCUT2D eigenvalue weighted by molar-refractivity contribution is -0.154. The maximum absolute atomic E-state index is 11.2. The Morgan fingerprint density at radius 2 is 2.14 bits per heavy atom. The zero-order chi connectivity index (χ0) is 11.1. The van der Waals surface area contributed by atoms with Gasteiger partial charge in [-0.3, -0.25) is 9.59 Å². The van der Waals surface area contributed by atoms with Crippen LogP contribution >= 0.6 is 0 Å². The van der Waals surface area contributed by atoms with Gasteiger partial charge in [-0.05, 0) is 13.3 Å². The quantitative estimate of drug-likeness (QED) is 0.666. The van der Waals surface area contributed by atoms with Gasteiger partial charge in [0.15, 0.2) is 5.92 Å². The summed E-state index contributed by atoms with van der Waals surface area (Å²) in [6.07, 6.45) is -0.157. The van der Waals surface area contributed by atoms with E-state index in [0.717, 1.165) is 0 Å². The Balaban J connectivity index is 4.20. The molecule has 0 aromatic rings. The molecule has 0 saturated carbocycles. The van der Waals surface area contributed by atoms with Crippen molar-refractivity contribution in [3.8, 4) is 6.07 Å². The number of ether oxygens (including phenoxy) is 1. The third kappa shape index (κ3) is 4.45. The molecule has 2 atom stereocenters. The predicted octanol–water partition coefficient (Wildman–Crippen LogP) is 0.943. The minimum absolute atomic E-state index is 0.285. The first-order valence-electron chi connectivity index (χ1n) is 4.33. The highest BCUT2D eigenvalue weighted by Gasteiger charge is 2.23. The molecule has 0 fully saturated rings. The van der Waals surface area contributed by atoms with E-state index in [1.165, 1.54) is 0 Å². The molecule has 0 spiro atoms. The molecule has 0 aliphatic heterocycles. The van der Waals surface area contributed by atoms with E-state index in [1.54, 1.807) is 13.0 Å². The van der Waals surface area contributed by atoms with Gasteiger partial charge in [0, 0.05) is 0 Å². The van der Waals surface area contributed by atoms with Crippen LogP contribution in [0.15, 0.2) is 0 Å². The summed E-state index contributed by atoms with van der Waals surface area (Å²) in [4.78, 5) is 21.4. The standard InChI is InChI=1S/C9H13NO4/c1-3-6(2)14-9(13)7(5-10)4-8(11)12/h6-7H,3-4H2,1-2H3,(H,11,12). The number of carbonyl (C=O) groups excluding carboxylic acids is 1. The van der Waals surface area contributed by atoms with Crippen molar-refractivity contribution in [3.05, 3.63) is 0 Å². The minimum Gasteiger partial charge on any atom is -0.481 e. The molecule has 0 saturated heterocycles. The molecular weight excluding hydrogens is 186 g/mol. The fourth-order valence-electron chi connectivity index (χ4n) is 0.720. The maximum atomic E-state index is 11.2. The van der Waals surface area contributed by atoms with Crippen molar-refractivity contribution in [1.29, 1.82) is 5.26 Å². The van der Waals surface area contributed by atoms with Gasteiger partial charge < -0.3 is 9.84 Å². The van der Waals surface area contributed by atoms with Gasteiger partial charge in [-0.15, -0.1) is 0 Å². The smallest absolute Gasteiger partial charge is 0.324 e. The first-order chi connectivity index (χ1) is 6.51. The van der Waals surface area contributed by atoms with Crippen LogP contribution < -0.4 is 0 Å². The van der Waals surface area contributed by atoms with Gasteiger partial charge in [0.05, 0.1) is 18.6 Å². The SMILES string of the molecule is CCC(C)OC(=O)C(C#N)CC(=O)O. The van der Waals surface area contributed by atoms with Crippen LogP contribution in [0, 0.1) is 17.2 Å². The number of nitriles is 1. The normalized spacial score (nSPS) is 13.8. The number of rotatable bonds is 5. The number of carboxylic acid groups (broad SMARTS) is 1. The van der Waals surface area contributed by atoms with E-state index < -0.39 is 24.3 Å². The number of hydrogen-bond donors (Lipinski definition) is 1. The fraction of sp³-hybridized carbons (Fsp3) is 0.667. The highest BCUT2D eigenvalue weighted by atomic mass is 16.5. The number of esters is 1. The summed E-state index contributed by atoms with van der Waals surface area (Å²) in [5, 5.41) is 16.9. The molecule has 78 valence electrons. The van der Waals surface area contributed by atoms with Crippen LogP contribution in [-0.4, -0.2) is 23.1 Å². The lowest BCUT2D eigenvalue weighted by Crippen LogP contribution is -2.23. The van der Waals surface area contributed by atoms with Crippen molar-refractivity contribution in [2.24, 2.45) is 5.92 Å². The van der Waals surface area contributed by atoms with Crippen molar-refractivity contribution < 1.29 is 19.4 Å². The first-order valence-corrected chi connectivity index (χ1v) is 4.33. The van der Waals surface area contributed by atoms with Gasteiger partial charge in [-0.25, -0.2) is 0 Å². The van der Waals surface area contributed by atoms with Crippen LogP contribution in [-0.2, 0) is 14.3 Å². The molecule has 0 aromatic heterocycles. The molecule has 14 heavy (non-hydrogen) atoms. The molecule has 5 heteroatoms. The van der Waals surface area contributed by atoms with Crippen molar-refractivity contribution in [2.45, 2.75) is 32.8 Å². The highest BCUT2D eigenvalue weighted by molar-refractivity contribution is 5.81. The Kier molecular flexibility index (Phi) is 5.30.